The van der Waals surface area contributed by atoms with Crippen LogP contribution in [0.4, 0.5) is 0 Å². The Hall–Kier alpha value is -3.59. The molecule has 0 saturated carbocycles. The van der Waals surface area contributed by atoms with Crippen molar-refractivity contribution in [3.8, 4) is 0 Å². The Morgan fingerprint density at radius 2 is 0.831 bits per heavy atom. The molecule has 3 atom stereocenters. The smallest absolute Gasteiger partial charge is 0.306 e. The zero-order valence-electron chi connectivity index (χ0n) is 50.1. The Balaban J connectivity index is 5.25. The fourth-order valence-corrected chi connectivity index (χ4v) is 8.91. The van der Waals surface area contributed by atoms with Gasteiger partial charge in [0.15, 0.2) is 0 Å². The molecular formula is C67H115N2O7P. The highest BCUT2D eigenvalue weighted by Gasteiger charge is 2.27. The van der Waals surface area contributed by atoms with Crippen molar-refractivity contribution in [3.63, 3.8) is 0 Å². The highest BCUT2D eigenvalue weighted by atomic mass is 31.2. The molecule has 0 spiro atoms. The number of rotatable bonds is 54. The maximum absolute atomic E-state index is 13.5. The summed E-state index contributed by atoms with van der Waals surface area (Å²) < 4.78 is 30.3. The number of nitrogens with one attached hydrogen (secondary N) is 1. The summed E-state index contributed by atoms with van der Waals surface area (Å²) in [6, 6.07) is -0.914. The Morgan fingerprint density at radius 1 is 0.468 bits per heavy atom. The van der Waals surface area contributed by atoms with Gasteiger partial charge < -0.3 is 28.5 Å². The van der Waals surface area contributed by atoms with Gasteiger partial charge in [0.2, 0.25) is 5.91 Å². The van der Waals surface area contributed by atoms with Crippen LogP contribution in [0.5, 0.6) is 0 Å². The van der Waals surface area contributed by atoms with Gasteiger partial charge in [0.05, 0.1) is 33.8 Å². The van der Waals surface area contributed by atoms with E-state index in [0.717, 1.165) is 141 Å². The number of carbonyl (C=O) groups is 2. The fourth-order valence-electron chi connectivity index (χ4n) is 8.19. The number of unbranched alkanes of at least 4 members (excludes halogenated alkanes) is 20. The van der Waals surface area contributed by atoms with E-state index >= 15 is 0 Å². The van der Waals surface area contributed by atoms with Crippen molar-refractivity contribution in [2.75, 3.05) is 40.9 Å². The molecule has 0 aromatic heterocycles. The van der Waals surface area contributed by atoms with Crippen molar-refractivity contribution < 1.29 is 37.3 Å². The van der Waals surface area contributed by atoms with Crippen molar-refractivity contribution in [1.82, 2.24) is 5.32 Å². The molecule has 0 aromatic carbocycles. The number of esters is 1. The first-order chi connectivity index (χ1) is 37.4. The van der Waals surface area contributed by atoms with E-state index in [2.05, 4.69) is 135 Å². The van der Waals surface area contributed by atoms with Crippen molar-refractivity contribution >= 4 is 19.7 Å². The lowest BCUT2D eigenvalue weighted by molar-refractivity contribution is -0.870. The molecule has 0 bridgehead atoms. The number of quaternary nitrogens is 1. The second kappa shape index (κ2) is 55.7. The van der Waals surface area contributed by atoms with Gasteiger partial charge in [0.1, 0.15) is 19.3 Å². The first kappa shape index (κ1) is 73.4. The molecule has 1 N–H and O–H groups in total. The van der Waals surface area contributed by atoms with Crippen molar-refractivity contribution in [2.45, 2.75) is 251 Å². The van der Waals surface area contributed by atoms with Gasteiger partial charge in [-0.2, -0.15) is 0 Å². The number of carbonyl (C=O) groups excluding carboxylic acids is 2. The molecule has 9 nitrogen and oxygen atoms in total. The molecule has 0 aliphatic heterocycles. The molecule has 0 aromatic rings. The Labute approximate surface area is 473 Å². The quantitative estimate of drug-likeness (QED) is 0.0212. The molecule has 0 heterocycles. The minimum atomic E-state index is -4.72. The summed E-state index contributed by atoms with van der Waals surface area (Å²) in [6.07, 6.45) is 77.4. The molecule has 10 heteroatoms. The van der Waals surface area contributed by atoms with Crippen LogP contribution in [0, 0.1) is 0 Å². The molecule has 0 aliphatic rings. The van der Waals surface area contributed by atoms with Crippen LogP contribution >= 0.6 is 7.82 Å². The maximum atomic E-state index is 13.5. The van der Waals surface area contributed by atoms with E-state index < -0.39 is 26.6 Å². The SMILES string of the molecule is CC/C=C\C/C=C\C/C=C\C/C=C\C/C=C\C/C=C\CCCCCCCCC(=O)NC(COP(=O)([O-])OCC[N+](C)(C)C)C(/C=C\CCCCCCCCCCCC)OC(=O)CCCCCC/C=C/C/C=C/C/C=C/CC. The van der Waals surface area contributed by atoms with Crippen LogP contribution < -0.4 is 10.2 Å². The number of amides is 1. The van der Waals surface area contributed by atoms with Crippen LogP contribution in [0.3, 0.4) is 0 Å². The van der Waals surface area contributed by atoms with Gasteiger partial charge in [-0.15, -0.1) is 0 Å². The molecular weight excluding hydrogens is 976 g/mol. The van der Waals surface area contributed by atoms with Crippen LogP contribution in [-0.2, 0) is 27.9 Å². The predicted molar refractivity (Wildman–Crippen MR) is 330 cm³/mol. The second-order valence-corrected chi connectivity index (χ2v) is 22.9. The van der Waals surface area contributed by atoms with Gasteiger partial charge in [-0.05, 0) is 115 Å². The topological polar surface area (TPSA) is 114 Å². The van der Waals surface area contributed by atoms with Gasteiger partial charge >= 0.3 is 5.97 Å². The summed E-state index contributed by atoms with van der Waals surface area (Å²) in [6.45, 7) is 6.57. The van der Waals surface area contributed by atoms with Crippen molar-refractivity contribution in [3.05, 3.63) is 122 Å². The zero-order chi connectivity index (χ0) is 56.4. The molecule has 0 fully saturated rings. The van der Waals surface area contributed by atoms with Gasteiger partial charge in [-0.3, -0.25) is 14.2 Å². The van der Waals surface area contributed by atoms with E-state index in [1.54, 1.807) is 0 Å². The summed E-state index contributed by atoms with van der Waals surface area (Å²) in [5.41, 5.74) is 0. The van der Waals surface area contributed by atoms with E-state index in [0.29, 0.717) is 23.9 Å². The summed E-state index contributed by atoms with van der Waals surface area (Å²) in [7, 11) is 1.14. The number of hydrogen-bond donors (Lipinski definition) is 1. The van der Waals surface area contributed by atoms with E-state index in [-0.39, 0.29) is 31.3 Å². The van der Waals surface area contributed by atoms with Crippen LogP contribution in [0.25, 0.3) is 0 Å². The minimum absolute atomic E-state index is 0.0359. The van der Waals surface area contributed by atoms with Gasteiger partial charge in [-0.25, -0.2) is 0 Å². The maximum Gasteiger partial charge on any atom is 0.306 e. The number of nitrogens with zero attached hydrogens (tertiary/aromatic N) is 1. The third kappa shape index (κ3) is 56.9. The van der Waals surface area contributed by atoms with Crippen molar-refractivity contribution in [2.24, 2.45) is 0 Å². The molecule has 0 saturated heterocycles. The summed E-state index contributed by atoms with van der Waals surface area (Å²) in [5, 5.41) is 3.01. The first-order valence-electron chi connectivity index (χ1n) is 30.8. The van der Waals surface area contributed by atoms with Crippen LogP contribution in [0.2, 0.25) is 0 Å². The third-order valence-electron chi connectivity index (χ3n) is 12.9. The highest BCUT2D eigenvalue weighted by molar-refractivity contribution is 7.45. The van der Waals surface area contributed by atoms with Gasteiger partial charge in [-0.1, -0.05) is 233 Å². The monoisotopic (exact) mass is 1090 g/mol. The lowest BCUT2D eigenvalue weighted by atomic mass is 10.0. The normalized spacial score (nSPS) is 14.5. The molecule has 77 heavy (non-hydrogen) atoms. The summed E-state index contributed by atoms with van der Waals surface area (Å²) in [5.74, 6) is -0.593. The highest BCUT2D eigenvalue weighted by Crippen LogP contribution is 2.38. The fraction of sp³-hybridized carbons (Fsp3) is 0.672. The molecule has 0 aliphatic carbocycles. The third-order valence-corrected chi connectivity index (χ3v) is 13.9. The first-order valence-corrected chi connectivity index (χ1v) is 32.3. The number of hydrogen-bond acceptors (Lipinski definition) is 7. The minimum Gasteiger partial charge on any atom is -0.756 e. The zero-order valence-corrected chi connectivity index (χ0v) is 51.0. The Morgan fingerprint density at radius 3 is 1.25 bits per heavy atom. The molecule has 440 valence electrons. The Bertz CT molecular complexity index is 1730. The average Bonchev–Trinajstić information content (AvgIpc) is 3.39. The van der Waals surface area contributed by atoms with Crippen LogP contribution in [0.15, 0.2) is 122 Å². The lowest BCUT2D eigenvalue weighted by Crippen LogP contribution is -2.47. The van der Waals surface area contributed by atoms with E-state index in [1.165, 1.54) is 51.4 Å². The number of ether oxygens (including phenoxy) is 1. The summed E-state index contributed by atoms with van der Waals surface area (Å²) >= 11 is 0. The van der Waals surface area contributed by atoms with Gasteiger partial charge in [0.25, 0.3) is 7.82 Å². The molecule has 0 rings (SSSR count). The largest absolute Gasteiger partial charge is 0.756 e. The number of phosphoric ester groups is 1. The van der Waals surface area contributed by atoms with Crippen LogP contribution in [0.1, 0.15) is 239 Å². The van der Waals surface area contributed by atoms with E-state index in [1.807, 2.05) is 33.3 Å². The molecule has 0 radical (unpaired) electrons. The van der Waals surface area contributed by atoms with Gasteiger partial charge in [0, 0.05) is 12.8 Å². The van der Waals surface area contributed by atoms with Crippen molar-refractivity contribution in [1.29, 1.82) is 0 Å². The van der Waals surface area contributed by atoms with Crippen LogP contribution in [-0.4, -0.2) is 69.4 Å². The lowest BCUT2D eigenvalue weighted by Gasteiger charge is -2.30. The van der Waals surface area contributed by atoms with E-state index in [4.69, 9.17) is 13.8 Å². The predicted octanol–water partition coefficient (Wildman–Crippen LogP) is 18.5. The standard InChI is InChI=1S/C67H115N2O7P/c1-7-10-13-16-19-22-25-28-30-31-32-33-34-35-36-37-38-39-40-41-44-47-50-53-56-59-66(70)68-64(63-75-77(72,73)74-62-61-69(4,5)6)65(58-55-52-49-46-43-27-24-21-18-15-12-9-3)76-67(71)60-57-54-51-48-45-42-29-26-23-20-17-14-11-8-2/h10-11,13-14,19-20,22-23,28-30,32-33,35-36,38-39,42,55,58,64-65H,7-9,12,15-18,21,24-27,31,34,37,40-41,43-54,56-57,59-63H2,1-6H3,(H-,68,70,72,73)/b13-10-,14-11+,22-19-,23-20+,30-28-,33-32-,36-35-,39-38-,42-29+,58-55-. The second-order valence-electron chi connectivity index (χ2n) is 21.4. The summed E-state index contributed by atoms with van der Waals surface area (Å²) in [4.78, 5) is 40.0. The van der Waals surface area contributed by atoms with E-state index in [9.17, 15) is 19.0 Å². The molecule has 3 unspecified atom stereocenters. The number of phosphoric acid groups is 1. The number of likely N-dealkylation sites (N-methyl/N-ethyl adjacent to an activating group) is 1. The number of allylic oxidation sites excluding steroid dienone is 19. The average molecular weight is 1090 g/mol. The Kier molecular flexibility index (Phi) is 53.1. The molecule has 1 amide bonds.